The first-order chi connectivity index (χ1) is 8.50. The van der Waals surface area contributed by atoms with Crippen molar-refractivity contribution in [1.82, 2.24) is 0 Å². The molecule has 0 saturated heterocycles. The van der Waals surface area contributed by atoms with Crippen LogP contribution in [-0.4, -0.2) is 0 Å². The molecule has 0 aliphatic heterocycles. The van der Waals surface area contributed by atoms with E-state index in [0.717, 1.165) is 30.2 Å². The van der Waals surface area contributed by atoms with E-state index < -0.39 is 16.0 Å². The van der Waals surface area contributed by atoms with Crippen LogP contribution in [-0.2, 0) is 11.9 Å². The zero-order valence-corrected chi connectivity index (χ0v) is 12.0. The van der Waals surface area contributed by atoms with E-state index in [-0.39, 0.29) is 18.3 Å². The second kappa shape index (κ2) is 4.98. The fraction of sp³-hybridized carbons (Fsp3) is 0.429. The molecule has 1 atom stereocenters. The molecule has 1 fully saturated rings. The van der Waals surface area contributed by atoms with Crippen LogP contribution in [0, 0.1) is 0 Å². The fourth-order valence-electron chi connectivity index (χ4n) is 2.34. The quantitative estimate of drug-likeness (QED) is 0.748. The van der Waals surface area contributed by atoms with Gasteiger partial charge in [0.2, 0.25) is 0 Å². The molecular formula is C14H14ClF3S. The zero-order valence-electron chi connectivity index (χ0n) is 10.4. The predicted octanol–water partition coefficient (Wildman–Crippen LogP) is 2.51. The van der Waals surface area contributed by atoms with Gasteiger partial charge in [0, 0.05) is 23.4 Å². The Bertz CT molecular complexity index is 596. The summed E-state index contributed by atoms with van der Waals surface area (Å²) in [6.45, 7) is 1.97. The van der Waals surface area contributed by atoms with Crippen molar-refractivity contribution in [3.63, 3.8) is 0 Å². The molecule has 104 valence electrons. The van der Waals surface area contributed by atoms with E-state index >= 15 is 0 Å². The molecule has 0 radical (unpaired) electrons. The molecule has 1 aromatic carbocycles. The van der Waals surface area contributed by atoms with Crippen LogP contribution in [0.5, 0.6) is 0 Å². The highest BCUT2D eigenvalue weighted by Gasteiger charge is 2.51. The van der Waals surface area contributed by atoms with Crippen molar-refractivity contribution in [2.24, 2.45) is 0 Å². The standard InChI is InChI=1S/C14H14F3S.ClH/c1-2-9-3-4-11-8-13(10-5-6-10)18(12(11)7-9)14(15,16)17;/h3-4,7-8,10H,2,5-6H2,1H3;1H/q+1;/p-1. The van der Waals surface area contributed by atoms with E-state index in [4.69, 9.17) is 0 Å². The maximum absolute atomic E-state index is 13.3. The van der Waals surface area contributed by atoms with Crippen LogP contribution in [0.15, 0.2) is 24.3 Å². The Balaban J connectivity index is 0.00000133. The highest BCUT2D eigenvalue weighted by Crippen LogP contribution is 2.57. The lowest BCUT2D eigenvalue weighted by Gasteiger charge is -2.00. The summed E-state index contributed by atoms with van der Waals surface area (Å²) in [7, 11) is -1.68. The first-order valence-electron chi connectivity index (χ1n) is 6.16. The first-order valence-corrected chi connectivity index (χ1v) is 7.39. The summed E-state index contributed by atoms with van der Waals surface area (Å²) in [5.41, 5.74) is -3.15. The lowest BCUT2D eigenvalue weighted by molar-refractivity contribution is -0.0867. The highest BCUT2D eigenvalue weighted by molar-refractivity contribution is 7.38. The van der Waals surface area contributed by atoms with Crippen LogP contribution in [0.3, 0.4) is 0 Å². The molecule has 1 aromatic heterocycles. The van der Waals surface area contributed by atoms with Crippen LogP contribution in [0.2, 0.25) is 0 Å². The van der Waals surface area contributed by atoms with Crippen LogP contribution in [0.25, 0.3) is 10.1 Å². The molecule has 19 heavy (non-hydrogen) atoms. The summed E-state index contributed by atoms with van der Waals surface area (Å²) in [4.78, 5) is 0.616. The summed E-state index contributed by atoms with van der Waals surface area (Å²) in [5, 5.41) is 0.773. The number of hydrogen-bond donors (Lipinski definition) is 0. The smallest absolute Gasteiger partial charge is 0.600 e. The average molecular weight is 307 g/mol. The van der Waals surface area contributed by atoms with Crippen molar-refractivity contribution < 1.29 is 25.6 Å². The molecule has 0 amide bonds. The average Bonchev–Trinajstić information content (AvgIpc) is 3.07. The van der Waals surface area contributed by atoms with E-state index in [1.807, 2.05) is 19.1 Å². The SMILES string of the molecule is CCc1ccc2cc(C3CC3)[s+](C(F)(F)F)c2c1.[Cl-]. The van der Waals surface area contributed by atoms with Crippen molar-refractivity contribution in [2.45, 2.75) is 37.6 Å². The maximum Gasteiger partial charge on any atom is 0.600 e. The van der Waals surface area contributed by atoms with Crippen LogP contribution in [0.1, 0.15) is 36.1 Å². The molecule has 2 aromatic rings. The van der Waals surface area contributed by atoms with E-state index in [0.29, 0.717) is 9.58 Å². The summed E-state index contributed by atoms with van der Waals surface area (Å²) in [6, 6.07) is 7.30. The topological polar surface area (TPSA) is 0 Å². The summed E-state index contributed by atoms with van der Waals surface area (Å²) >= 11 is 0. The van der Waals surface area contributed by atoms with Crippen molar-refractivity contribution >= 4 is 20.6 Å². The first kappa shape index (κ1) is 14.7. The van der Waals surface area contributed by atoms with Gasteiger partial charge in [-0.25, -0.2) is 0 Å². The number of alkyl halides is 3. The van der Waals surface area contributed by atoms with E-state index in [9.17, 15) is 13.2 Å². The minimum absolute atomic E-state index is 0. The third-order valence-electron chi connectivity index (χ3n) is 3.45. The fourth-order valence-corrected chi connectivity index (χ4v) is 4.56. The van der Waals surface area contributed by atoms with Gasteiger partial charge >= 0.3 is 5.51 Å². The summed E-state index contributed by atoms with van der Waals surface area (Å²) < 4.78 is 40.3. The minimum Gasteiger partial charge on any atom is -1.00 e. The molecule has 1 saturated carbocycles. The Labute approximate surface area is 119 Å². The molecule has 0 bridgehead atoms. The lowest BCUT2D eigenvalue weighted by Crippen LogP contribution is -3.00. The van der Waals surface area contributed by atoms with Gasteiger partial charge in [-0.15, -0.1) is 13.2 Å². The van der Waals surface area contributed by atoms with E-state index in [2.05, 4.69) is 0 Å². The highest BCUT2D eigenvalue weighted by atomic mass is 35.5. The summed E-state index contributed by atoms with van der Waals surface area (Å²) in [5.74, 6) is 0.174. The van der Waals surface area contributed by atoms with Gasteiger partial charge in [-0.3, -0.25) is 0 Å². The Kier molecular flexibility index (Phi) is 3.85. The second-order valence-corrected chi connectivity index (χ2v) is 6.79. The third kappa shape index (κ3) is 2.61. The van der Waals surface area contributed by atoms with Crippen LogP contribution in [0.4, 0.5) is 13.2 Å². The monoisotopic (exact) mass is 306 g/mol. The Hall–Kier alpha value is -0.740. The number of benzene rings is 1. The van der Waals surface area contributed by atoms with Crippen LogP contribution >= 0.6 is 10.5 Å². The number of aryl methyl sites for hydroxylation is 1. The number of fused-ring (bicyclic) bond motifs is 1. The van der Waals surface area contributed by atoms with E-state index in [1.165, 1.54) is 0 Å². The minimum atomic E-state index is -4.13. The van der Waals surface area contributed by atoms with Gasteiger partial charge in [-0.2, -0.15) is 0 Å². The predicted molar refractivity (Wildman–Crippen MR) is 69.1 cm³/mol. The molecule has 1 heterocycles. The second-order valence-electron chi connectivity index (χ2n) is 4.80. The normalized spacial score (nSPS) is 16.5. The van der Waals surface area contributed by atoms with Gasteiger partial charge in [0.1, 0.15) is 0 Å². The number of halogens is 4. The van der Waals surface area contributed by atoms with Gasteiger partial charge in [0.25, 0.3) is 0 Å². The van der Waals surface area contributed by atoms with Crippen molar-refractivity contribution in [1.29, 1.82) is 0 Å². The maximum atomic E-state index is 13.3. The molecule has 0 N–H and O–H groups in total. The van der Waals surface area contributed by atoms with Gasteiger partial charge < -0.3 is 12.4 Å². The number of thiophene rings is 1. The van der Waals surface area contributed by atoms with E-state index in [1.54, 1.807) is 12.1 Å². The third-order valence-corrected chi connectivity index (χ3v) is 5.63. The zero-order chi connectivity index (χ0) is 12.9. The van der Waals surface area contributed by atoms with Crippen molar-refractivity contribution in [3.8, 4) is 0 Å². The molecular weight excluding hydrogens is 293 g/mol. The largest absolute Gasteiger partial charge is 1.00 e. The summed E-state index contributed by atoms with van der Waals surface area (Å²) in [6.07, 6.45) is 2.61. The molecule has 1 aliphatic rings. The Morgan fingerprint density at radius 1 is 1.21 bits per heavy atom. The number of rotatable bonds is 2. The molecule has 5 heteroatoms. The van der Waals surface area contributed by atoms with Crippen molar-refractivity contribution in [3.05, 3.63) is 34.7 Å². The van der Waals surface area contributed by atoms with Gasteiger partial charge in [0.05, 0.1) is 10.5 Å². The van der Waals surface area contributed by atoms with Gasteiger partial charge in [-0.1, -0.05) is 13.0 Å². The Morgan fingerprint density at radius 3 is 2.42 bits per heavy atom. The molecule has 0 spiro atoms. The van der Waals surface area contributed by atoms with Gasteiger partial charge in [-0.05, 0) is 30.9 Å². The lowest BCUT2D eigenvalue weighted by atomic mass is 10.1. The van der Waals surface area contributed by atoms with Crippen LogP contribution < -0.4 is 12.4 Å². The van der Waals surface area contributed by atoms with Gasteiger partial charge in [0.15, 0.2) is 9.58 Å². The molecule has 1 aliphatic carbocycles. The number of hydrogen-bond acceptors (Lipinski definition) is 0. The van der Waals surface area contributed by atoms with Crippen molar-refractivity contribution in [2.75, 3.05) is 0 Å². The molecule has 0 nitrogen and oxygen atoms in total. The molecule has 1 unspecified atom stereocenters. The molecule has 3 rings (SSSR count). The Morgan fingerprint density at radius 2 is 1.89 bits per heavy atom.